The van der Waals surface area contributed by atoms with E-state index in [2.05, 4.69) is 110 Å². The molecular formula is C26H26N4+2. The lowest BCUT2D eigenvalue weighted by Crippen LogP contribution is -2.34. The number of nitrogens with zero attached hydrogens (tertiary/aromatic N) is 4. The van der Waals surface area contributed by atoms with Crippen LogP contribution in [0.15, 0.2) is 48.5 Å². The van der Waals surface area contributed by atoms with E-state index >= 15 is 0 Å². The number of pyridine rings is 2. The first-order valence-electron chi connectivity index (χ1n) is 10.4. The molecule has 2 aromatic heterocycles. The molecular weight excluding hydrogens is 368 g/mol. The van der Waals surface area contributed by atoms with Gasteiger partial charge >= 0.3 is 0 Å². The molecule has 2 heterocycles. The highest BCUT2D eigenvalue weighted by Crippen LogP contribution is 2.44. The summed E-state index contributed by atoms with van der Waals surface area (Å²) in [7, 11) is 13.0. The molecule has 0 spiro atoms. The molecule has 0 atom stereocenters. The Kier molecular flexibility index (Phi) is 3.26. The number of benzene rings is 4. The summed E-state index contributed by atoms with van der Waals surface area (Å²) in [6.45, 7) is 0. The van der Waals surface area contributed by atoms with Crippen LogP contribution in [0.1, 0.15) is 0 Å². The zero-order valence-corrected chi connectivity index (χ0v) is 18.4. The van der Waals surface area contributed by atoms with Gasteiger partial charge in [0, 0.05) is 63.2 Å². The molecule has 0 radical (unpaired) electrons. The molecule has 0 amide bonds. The van der Waals surface area contributed by atoms with Gasteiger partial charge in [0.2, 0.25) is 22.1 Å². The normalized spacial score (nSPS) is 12.3. The van der Waals surface area contributed by atoms with Crippen molar-refractivity contribution in [1.82, 2.24) is 0 Å². The zero-order valence-electron chi connectivity index (χ0n) is 18.4. The first-order valence-corrected chi connectivity index (χ1v) is 10.4. The molecule has 0 aliphatic carbocycles. The topological polar surface area (TPSA) is 14.2 Å². The standard InChI is InChI=1S/C26H26N4/c1-27(2)19-13-21-25-23-15(19)9-7-11-17(23)30(6)22-14-20(28(3)4)16-10-8-12-18(29(21)5)24(16)26(22)25/h7-14H,1-6H3/q+2. The van der Waals surface area contributed by atoms with Crippen LogP contribution in [-0.2, 0) is 14.1 Å². The van der Waals surface area contributed by atoms with Crippen molar-refractivity contribution < 1.29 is 9.13 Å². The smallest absolute Gasteiger partial charge is 0.216 e. The molecule has 4 aromatic carbocycles. The van der Waals surface area contributed by atoms with Gasteiger partial charge in [-0.15, -0.1) is 0 Å². The maximum absolute atomic E-state index is 2.38. The van der Waals surface area contributed by atoms with Crippen LogP contribution < -0.4 is 18.9 Å². The van der Waals surface area contributed by atoms with Gasteiger partial charge in [0.1, 0.15) is 14.1 Å². The van der Waals surface area contributed by atoms with Gasteiger partial charge in [-0.2, -0.15) is 9.13 Å². The van der Waals surface area contributed by atoms with E-state index in [-0.39, 0.29) is 0 Å². The molecule has 0 aliphatic heterocycles. The quantitative estimate of drug-likeness (QED) is 0.249. The van der Waals surface area contributed by atoms with Gasteiger partial charge in [0.25, 0.3) is 0 Å². The number of anilines is 2. The predicted molar refractivity (Wildman–Crippen MR) is 127 cm³/mol. The number of aryl methyl sites for hydroxylation is 2. The zero-order chi connectivity index (χ0) is 20.9. The molecule has 0 saturated carbocycles. The Morgan fingerprint density at radius 1 is 0.533 bits per heavy atom. The van der Waals surface area contributed by atoms with E-state index in [1.165, 1.54) is 65.8 Å². The van der Waals surface area contributed by atoms with Crippen LogP contribution in [0.4, 0.5) is 11.4 Å². The minimum absolute atomic E-state index is 1.26. The van der Waals surface area contributed by atoms with Crippen LogP contribution in [0.2, 0.25) is 0 Å². The minimum atomic E-state index is 1.26. The van der Waals surface area contributed by atoms with Gasteiger partial charge in [0.05, 0.1) is 32.9 Å². The summed E-state index contributed by atoms with van der Waals surface area (Å²) in [5, 5.41) is 8.08. The molecule has 148 valence electrons. The maximum Gasteiger partial charge on any atom is 0.216 e. The van der Waals surface area contributed by atoms with Crippen LogP contribution in [0.3, 0.4) is 0 Å². The first-order chi connectivity index (χ1) is 14.4. The summed E-state index contributed by atoms with van der Waals surface area (Å²) in [6.07, 6.45) is 0. The van der Waals surface area contributed by atoms with Crippen LogP contribution in [0.25, 0.3) is 54.4 Å². The molecule has 4 nitrogen and oxygen atoms in total. The summed E-state index contributed by atoms with van der Waals surface area (Å²) in [4.78, 5) is 4.46. The Bertz CT molecular complexity index is 1490. The van der Waals surface area contributed by atoms with Gasteiger partial charge in [-0.3, -0.25) is 0 Å². The third-order valence-corrected chi connectivity index (χ3v) is 6.86. The monoisotopic (exact) mass is 394 g/mol. The second-order valence-electron chi connectivity index (χ2n) is 8.89. The molecule has 4 heteroatoms. The third kappa shape index (κ3) is 1.91. The van der Waals surface area contributed by atoms with E-state index in [0.29, 0.717) is 0 Å². The molecule has 6 aromatic rings. The third-order valence-electron chi connectivity index (χ3n) is 6.86. The molecule has 0 fully saturated rings. The van der Waals surface area contributed by atoms with Crippen LogP contribution >= 0.6 is 0 Å². The van der Waals surface area contributed by atoms with Crippen LogP contribution in [0.5, 0.6) is 0 Å². The Balaban J connectivity index is 2.07. The Hall–Kier alpha value is -3.40. The van der Waals surface area contributed by atoms with E-state index < -0.39 is 0 Å². The summed E-state index contributed by atoms with van der Waals surface area (Å²) in [6, 6.07) is 18.1. The Labute approximate surface area is 175 Å². The van der Waals surface area contributed by atoms with E-state index in [1.54, 1.807) is 0 Å². The highest BCUT2D eigenvalue weighted by atomic mass is 15.1. The molecule has 0 aliphatic rings. The van der Waals surface area contributed by atoms with E-state index in [9.17, 15) is 0 Å². The fourth-order valence-corrected chi connectivity index (χ4v) is 5.44. The van der Waals surface area contributed by atoms with Crippen molar-refractivity contribution in [3.8, 4) is 0 Å². The van der Waals surface area contributed by atoms with Crippen molar-refractivity contribution in [2.45, 2.75) is 0 Å². The van der Waals surface area contributed by atoms with Gasteiger partial charge in [-0.1, -0.05) is 24.3 Å². The predicted octanol–water partition coefficient (Wildman–Crippen LogP) is 4.11. The average molecular weight is 395 g/mol. The van der Waals surface area contributed by atoms with Crippen LogP contribution in [-0.4, -0.2) is 28.2 Å². The van der Waals surface area contributed by atoms with Crippen molar-refractivity contribution in [2.24, 2.45) is 14.1 Å². The Morgan fingerprint density at radius 2 is 0.933 bits per heavy atom. The highest BCUT2D eigenvalue weighted by Gasteiger charge is 2.30. The SMILES string of the molecule is CN(C)c1cc2c3c4c1cccc4[n+](C)c1cc(N(C)C)c4cccc(c4c31)[n+]2C. The van der Waals surface area contributed by atoms with Crippen LogP contribution in [0, 0.1) is 0 Å². The van der Waals surface area contributed by atoms with Crippen molar-refractivity contribution >= 4 is 65.8 Å². The van der Waals surface area contributed by atoms with Gasteiger partial charge in [0.15, 0.2) is 0 Å². The first kappa shape index (κ1) is 17.5. The number of hydrogen-bond acceptors (Lipinski definition) is 2. The van der Waals surface area contributed by atoms with E-state index in [4.69, 9.17) is 0 Å². The van der Waals surface area contributed by atoms with E-state index in [0.717, 1.165) is 0 Å². The summed E-state index contributed by atoms with van der Waals surface area (Å²) < 4.78 is 4.75. The molecule has 0 saturated heterocycles. The second-order valence-corrected chi connectivity index (χ2v) is 8.89. The number of rotatable bonds is 2. The summed E-state index contributed by atoms with van der Waals surface area (Å²) >= 11 is 0. The van der Waals surface area contributed by atoms with Crippen molar-refractivity contribution in [3.63, 3.8) is 0 Å². The minimum Gasteiger partial charge on any atom is -0.377 e. The average Bonchev–Trinajstić information content (AvgIpc) is 2.74. The van der Waals surface area contributed by atoms with Crippen molar-refractivity contribution in [1.29, 1.82) is 0 Å². The fraction of sp³-hybridized carbons (Fsp3) is 0.231. The lowest BCUT2D eigenvalue weighted by Gasteiger charge is -2.21. The number of hydrogen-bond donors (Lipinski definition) is 0. The molecule has 0 bridgehead atoms. The highest BCUT2D eigenvalue weighted by molar-refractivity contribution is 6.33. The Morgan fingerprint density at radius 3 is 1.30 bits per heavy atom. The molecule has 30 heavy (non-hydrogen) atoms. The lowest BCUT2D eigenvalue weighted by atomic mass is 9.91. The summed E-state index contributed by atoms with van der Waals surface area (Å²) in [5.41, 5.74) is 7.63. The summed E-state index contributed by atoms with van der Waals surface area (Å²) in [5.74, 6) is 0. The van der Waals surface area contributed by atoms with Crippen molar-refractivity contribution in [2.75, 3.05) is 38.0 Å². The number of aromatic nitrogens is 2. The van der Waals surface area contributed by atoms with E-state index in [1.807, 2.05) is 0 Å². The molecule has 0 unspecified atom stereocenters. The molecule has 6 rings (SSSR count). The second kappa shape index (κ2) is 5.60. The van der Waals surface area contributed by atoms with Gasteiger partial charge < -0.3 is 9.80 Å². The fourth-order valence-electron chi connectivity index (χ4n) is 5.44. The van der Waals surface area contributed by atoms with Gasteiger partial charge in [-0.05, 0) is 0 Å². The maximum atomic E-state index is 2.38. The largest absolute Gasteiger partial charge is 0.377 e. The lowest BCUT2D eigenvalue weighted by molar-refractivity contribution is -0.619. The van der Waals surface area contributed by atoms with Gasteiger partial charge in [-0.25, -0.2) is 0 Å². The molecule has 0 N–H and O–H groups in total. The van der Waals surface area contributed by atoms with Crippen molar-refractivity contribution in [3.05, 3.63) is 48.5 Å².